The topological polar surface area (TPSA) is 75.4 Å². The second-order valence-corrected chi connectivity index (χ2v) is 6.92. The first-order valence-corrected chi connectivity index (χ1v) is 8.84. The number of nitro benzene ring substituents is 1. The van der Waals surface area contributed by atoms with Gasteiger partial charge in [-0.05, 0) is 54.5 Å². The van der Waals surface area contributed by atoms with Crippen LogP contribution in [-0.2, 0) is 12.8 Å². The van der Waals surface area contributed by atoms with Crippen LogP contribution >= 0.6 is 24.0 Å². The molecule has 26 heavy (non-hydrogen) atoms. The zero-order valence-corrected chi connectivity index (χ0v) is 15.8. The molecule has 0 fully saturated rings. The highest BCUT2D eigenvalue weighted by molar-refractivity contribution is 6.30. The zero-order valence-electron chi connectivity index (χ0n) is 14.2. The van der Waals surface area contributed by atoms with Gasteiger partial charge in [-0.25, -0.2) is 0 Å². The lowest BCUT2D eigenvalue weighted by molar-refractivity contribution is -0.384. The smallest absolute Gasteiger partial charge is 0.269 e. The maximum Gasteiger partial charge on any atom is 0.269 e. The summed E-state index contributed by atoms with van der Waals surface area (Å²) >= 11 is 5.97. The van der Waals surface area contributed by atoms with Crippen LogP contribution in [0.5, 0.6) is 0 Å². The van der Waals surface area contributed by atoms with Crippen LogP contribution in [0.15, 0.2) is 42.5 Å². The Morgan fingerprint density at radius 2 is 2.08 bits per heavy atom. The molecule has 140 valence electrons. The first-order chi connectivity index (χ1) is 12.0. The fraction of sp³-hybridized carbons (Fsp3) is 0.368. The van der Waals surface area contributed by atoms with E-state index in [1.165, 1.54) is 5.56 Å². The van der Waals surface area contributed by atoms with E-state index in [-0.39, 0.29) is 29.1 Å². The predicted octanol–water partition coefficient (Wildman–Crippen LogP) is 4.24. The van der Waals surface area contributed by atoms with E-state index in [2.05, 4.69) is 5.32 Å². The lowest BCUT2D eigenvalue weighted by atomic mass is 10.0. The molecule has 0 heterocycles. The van der Waals surface area contributed by atoms with Gasteiger partial charge < -0.3 is 10.4 Å². The van der Waals surface area contributed by atoms with Crippen molar-refractivity contribution < 1.29 is 10.0 Å². The van der Waals surface area contributed by atoms with E-state index in [4.69, 9.17) is 11.6 Å². The predicted molar refractivity (Wildman–Crippen MR) is 105 cm³/mol. The van der Waals surface area contributed by atoms with Crippen LogP contribution in [0.1, 0.15) is 35.6 Å². The van der Waals surface area contributed by atoms with Gasteiger partial charge >= 0.3 is 0 Å². The molecular formula is C19H22Cl2N2O3. The number of fused-ring (bicyclic) bond motifs is 1. The minimum absolute atomic E-state index is 0. The largest absolute Gasteiger partial charge is 0.387 e. The number of nitrogens with one attached hydrogen (secondary N) is 1. The summed E-state index contributed by atoms with van der Waals surface area (Å²) in [5.74, 6) is 0. The number of hydrogen-bond donors (Lipinski definition) is 2. The molecule has 0 amide bonds. The fourth-order valence-electron chi connectivity index (χ4n) is 3.35. The van der Waals surface area contributed by atoms with Gasteiger partial charge in [0.05, 0.1) is 11.0 Å². The molecule has 0 saturated carbocycles. The minimum atomic E-state index is -0.633. The van der Waals surface area contributed by atoms with Gasteiger partial charge in [0.15, 0.2) is 0 Å². The fourth-order valence-corrected chi connectivity index (χ4v) is 3.55. The number of aliphatic hydroxyl groups is 1. The summed E-state index contributed by atoms with van der Waals surface area (Å²) < 4.78 is 0. The third-order valence-electron chi connectivity index (χ3n) is 4.70. The van der Waals surface area contributed by atoms with E-state index in [0.29, 0.717) is 11.6 Å². The van der Waals surface area contributed by atoms with Gasteiger partial charge in [-0.2, -0.15) is 0 Å². The minimum Gasteiger partial charge on any atom is -0.387 e. The lowest BCUT2D eigenvalue weighted by Crippen LogP contribution is -2.34. The van der Waals surface area contributed by atoms with Gasteiger partial charge in [0.1, 0.15) is 0 Å². The summed E-state index contributed by atoms with van der Waals surface area (Å²) in [6, 6.07) is 12.5. The zero-order chi connectivity index (χ0) is 17.8. The summed E-state index contributed by atoms with van der Waals surface area (Å²) in [5, 5.41) is 25.4. The second kappa shape index (κ2) is 9.33. The Labute approximate surface area is 163 Å². The van der Waals surface area contributed by atoms with E-state index >= 15 is 0 Å². The number of aryl methyl sites for hydroxylation is 1. The van der Waals surface area contributed by atoms with Crippen LogP contribution in [0.2, 0.25) is 5.02 Å². The number of halogens is 2. The van der Waals surface area contributed by atoms with Gasteiger partial charge in [0.2, 0.25) is 0 Å². The van der Waals surface area contributed by atoms with E-state index in [0.717, 1.165) is 36.8 Å². The Balaban J connectivity index is 0.00000243. The van der Waals surface area contributed by atoms with Crippen molar-refractivity contribution in [3.05, 3.63) is 74.3 Å². The summed E-state index contributed by atoms with van der Waals surface area (Å²) in [5.41, 5.74) is 3.13. The quantitative estimate of drug-likeness (QED) is 0.450. The van der Waals surface area contributed by atoms with Crippen LogP contribution in [0, 0.1) is 10.1 Å². The van der Waals surface area contributed by atoms with Crippen LogP contribution in [-0.4, -0.2) is 22.6 Å². The molecule has 2 N–H and O–H groups in total. The first kappa shape index (κ1) is 20.6. The molecule has 2 atom stereocenters. The highest BCUT2D eigenvalue weighted by Crippen LogP contribution is 2.25. The number of nitro groups is 1. The number of nitrogens with zero attached hydrogens (tertiary/aromatic N) is 1. The first-order valence-electron chi connectivity index (χ1n) is 8.46. The molecule has 2 aromatic rings. The second-order valence-electron chi connectivity index (χ2n) is 6.48. The van der Waals surface area contributed by atoms with E-state index < -0.39 is 6.10 Å². The molecular weight excluding hydrogens is 375 g/mol. The third kappa shape index (κ3) is 5.17. The van der Waals surface area contributed by atoms with Crippen LogP contribution in [0.3, 0.4) is 0 Å². The molecule has 1 aliphatic rings. The summed E-state index contributed by atoms with van der Waals surface area (Å²) in [6.45, 7) is 0.426. The molecule has 7 heteroatoms. The monoisotopic (exact) mass is 396 g/mol. The molecule has 0 bridgehead atoms. The Morgan fingerprint density at radius 3 is 2.81 bits per heavy atom. The summed E-state index contributed by atoms with van der Waals surface area (Å²) in [6.07, 6.45) is 3.04. The molecule has 0 aliphatic heterocycles. The molecule has 0 unspecified atom stereocenters. The van der Waals surface area contributed by atoms with Crippen molar-refractivity contribution in [1.29, 1.82) is 0 Å². The van der Waals surface area contributed by atoms with Gasteiger partial charge in [0.25, 0.3) is 5.69 Å². The van der Waals surface area contributed by atoms with Gasteiger partial charge in [0, 0.05) is 29.7 Å². The molecule has 2 aromatic carbocycles. The van der Waals surface area contributed by atoms with Crippen molar-refractivity contribution in [1.82, 2.24) is 5.32 Å². The number of rotatable bonds is 5. The van der Waals surface area contributed by atoms with E-state index in [1.54, 1.807) is 24.3 Å². The van der Waals surface area contributed by atoms with Crippen molar-refractivity contribution in [3.63, 3.8) is 0 Å². The molecule has 1 aliphatic carbocycles. The highest BCUT2D eigenvalue weighted by Gasteiger charge is 2.20. The Kier molecular flexibility index (Phi) is 7.41. The van der Waals surface area contributed by atoms with E-state index in [1.807, 2.05) is 18.2 Å². The Bertz CT molecular complexity index is 770. The van der Waals surface area contributed by atoms with E-state index in [9.17, 15) is 15.2 Å². The van der Waals surface area contributed by atoms with Gasteiger partial charge in [-0.3, -0.25) is 10.1 Å². The van der Waals surface area contributed by atoms with Crippen LogP contribution < -0.4 is 5.32 Å². The number of aliphatic hydroxyl groups excluding tert-OH is 1. The normalized spacial score (nSPS) is 17.5. The third-order valence-corrected chi connectivity index (χ3v) is 4.93. The molecule has 0 spiro atoms. The van der Waals surface area contributed by atoms with Crippen LogP contribution in [0.4, 0.5) is 5.69 Å². The molecule has 0 aromatic heterocycles. The van der Waals surface area contributed by atoms with Crippen molar-refractivity contribution in [2.24, 2.45) is 0 Å². The summed E-state index contributed by atoms with van der Waals surface area (Å²) in [4.78, 5) is 10.6. The molecule has 3 rings (SSSR count). The van der Waals surface area contributed by atoms with Crippen molar-refractivity contribution >= 4 is 29.7 Å². The number of hydrogen-bond acceptors (Lipinski definition) is 4. The van der Waals surface area contributed by atoms with Crippen molar-refractivity contribution in [3.8, 4) is 0 Å². The molecule has 5 nitrogen and oxygen atoms in total. The van der Waals surface area contributed by atoms with Crippen LogP contribution in [0.25, 0.3) is 0 Å². The van der Waals surface area contributed by atoms with Gasteiger partial charge in [-0.1, -0.05) is 29.8 Å². The van der Waals surface area contributed by atoms with Gasteiger partial charge in [-0.15, -0.1) is 12.4 Å². The summed E-state index contributed by atoms with van der Waals surface area (Å²) in [7, 11) is 0. The average molecular weight is 397 g/mol. The maximum atomic E-state index is 11.0. The van der Waals surface area contributed by atoms with Crippen molar-refractivity contribution in [2.75, 3.05) is 6.54 Å². The average Bonchev–Trinajstić information content (AvgIpc) is 2.80. The Hall–Kier alpha value is -1.66. The highest BCUT2D eigenvalue weighted by atomic mass is 35.5. The Morgan fingerprint density at radius 1 is 1.27 bits per heavy atom. The molecule has 0 radical (unpaired) electrons. The SMILES string of the molecule is Cl.O=[N+]([O-])c1ccc2c(c1)C[C@@H](NC[C@H](O)c1cccc(Cl)c1)CCC2. The standard InChI is InChI=1S/C19H21ClN2O3.ClH/c20-16-5-1-4-14(9-16)19(23)12-21-17-6-2-3-13-7-8-18(22(24)25)11-15(13)10-17;/h1,4-5,7-9,11,17,19,21,23H,2-3,6,10,12H2;1H/t17-,19-;/m0./s1. The molecule has 0 saturated heterocycles. The number of benzene rings is 2. The number of non-ortho nitro benzene ring substituents is 1. The van der Waals surface area contributed by atoms with Crippen molar-refractivity contribution in [2.45, 2.75) is 37.8 Å². The lowest BCUT2D eigenvalue weighted by Gasteiger charge is -2.20. The maximum absolute atomic E-state index is 11.0.